The van der Waals surface area contributed by atoms with Crippen LogP contribution >= 0.6 is 0 Å². The van der Waals surface area contributed by atoms with Gasteiger partial charge >= 0.3 is 0 Å². The molecule has 7 heteroatoms. The molecule has 1 aromatic carbocycles. The summed E-state index contributed by atoms with van der Waals surface area (Å²) in [4.78, 5) is 12.0. The molecular formula is C13H16FN5O. The summed E-state index contributed by atoms with van der Waals surface area (Å²) >= 11 is 0. The maximum absolute atomic E-state index is 13.5. The van der Waals surface area contributed by atoms with E-state index in [9.17, 15) is 9.18 Å². The number of hydrazine groups is 1. The standard InChI is InChI=1S/C13H16FN5O/c1-19-8-6-9(18-19)5-7-16-13(20)10-3-2-4-11(14)12(10)17-15/h2-4,6,8,17H,5,7,15H2,1H3,(H,16,20). The van der Waals surface area contributed by atoms with Crippen LogP contribution in [0.1, 0.15) is 16.1 Å². The van der Waals surface area contributed by atoms with Crippen LogP contribution < -0.4 is 16.6 Å². The quantitative estimate of drug-likeness (QED) is 0.558. The number of carbonyl (C=O) groups is 1. The number of anilines is 1. The van der Waals surface area contributed by atoms with Gasteiger partial charge in [-0.05, 0) is 18.2 Å². The van der Waals surface area contributed by atoms with Gasteiger partial charge in [-0.1, -0.05) is 6.07 Å². The number of halogens is 1. The van der Waals surface area contributed by atoms with Crippen molar-refractivity contribution in [1.82, 2.24) is 15.1 Å². The third-order valence-corrected chi connectivity index (χ3v) is 2.84. The number of rotatable bonds is 5. The second-order valence-corrected chi connectivity index (χ2v) is 4.29. The molecule has 0 unspecified atom stereocenters. The first-order valence-electron chi connectivity index (χ1n) is 6.13. The summed E-state index contributed by atoms with van der Waals surface area (Å²) in [7, 11) is 1.83. The number of nitrogens with one attached hydrogen (secondary N) is 2. The Kier molecular flexibility index (Phi) is 4.31. The van der Waals surface area contributed by atoms with Gasteiger partial charge in [0.25, 0.3) is 5.91 Å². The van der Waals surface area contributed by atoms with E-state index in [0.717, 1.165) is 5.69 Å². The molecule has 6 nitrogen and oxygen atoms in total. The molecule has 0 saturated heterocycles. The Bertz CT molecular complexity index is 611. The van der Waals surface area contributed by atoms with Crippen LogP contribution in [0, 0.1) is 5.82 Å². The maximum Gasteiger partial charge on any atom is 0.253 e. The zero-order valence-electron chi connectivity index (χ0n) is 11.1. The molecule has 2 rings (SSSR count). The van der Waals surface area contributed by atoms with Gasteiger partial charge < -0.3 is 10.7 Å². The SMILES string of the molecule is Cn1ccc(CCNC(=O)c2cccc(F)c2NN)n1. The van der Waals surface area contributed by atoms with E-state index in [2.05, 4.69) is 15.8 Å². The molecule has 1 heterocycles. The fourth-order valence-corrected chi connectivity index (χ4v) is 1.86. The van der Waals surface area contributed by atoms with Crippen LogP contribution in [0.25, 0.3) is 0 Å². The smallest absolute Gasteiger partial charge is 0.253 e. The molecule has 0 spiro atoms. The molecule has 0 radical (unpaired) electrons. The maximum atomic E-state index is 13.5. The van der Waals surface area contributed by atoms with Crippen LogP contribution in [0.4, 0.5) is 10.1 Å². The minimum atomic E-state index is -0.565. The summed E-state index contributed by atoms with van der Waals surface area (Å²) in [6, 6.07) is 6.08. The first-order chi connectivity index (χ1) is 9.61. The minimum absolute atomic E-state index is 0.0113. The Hall–Kier alpha value is -2.41. The van der Waals surface area contributed by atoms with Gasteiger partial charge in [-0.2, -0.15) is 5.10 Å². The Morgan fingerprint density at radius 2 is 2.25 bits per heavy atom. The molecule has 0 aliphatic rings. The van der Waals surface area contributed by atoms with Crippen LogP contribution in [-0.2, 0) is 13.5 Å². The van der Waals surface area contributed by atoms with Gasteiger partial charge in [-0.3, -0.25) is 15.3 Å². The lowest BCUT2D eigenvalue weighted by Crippen LogP contribution is -2.27. The monoisotopic (exact) mass is 277 g/mol. The predicted molar refractivity (Wildman–Crippen MR) is 73.5 cm³/mol. The van der Waals surface area contributed by atoms with E-state index in [1.807, 2.05) is 19.3 Å². The summed E-state index contributed by atoms with van der Waals surface area (Å²) in [6.07, 6.45) is 2.44. The molecule has 106 valence electrons. The van der Waals surface area contributed by atoms with Gasteiger partial charge in [-0.15, -0.1) is 0 Å². The summed E-state index contributed by atoms with van der Waals surface area (Å²) in [6.45, 7) is 0.413. The van der Waals surface area contributed by atoms with Crippen molar-refractivity contribution >= 4 is 11.6 Å². The Balaban J connectivity index is 1.97. The minimum Gasteiger partial charge on any atom is -0.352 e. The average molecular weight is 277 g/mol. The van der Waals surface area contributed by atoms with Gasteiger partial charge in [0.1, 0.15) is 5.82 Å². The number of nitrogen functional groups attached to an aromatic ring is 1. The molecule has 2 aromatic rings. The van der Waals surface area contributed by atoms with Gasteiger partial charge in [0, 0.05) is 26.2 Å². The number of benzene rings is 1. The molecule has 0 aliphatic heterocycles. The van der Waals surface area contributed by atoms with E-state index < -0.39 is 5.82 Å². The van der Waals surface area contributed by atoms with E-state index >= 15 is 0 Å². The zero-order valence-corrected chi connectivity index (χ0v) is 11.1. The molecule has 0 fully saturated rings. The highest BCUT2D eigenvalue weighted by Crippen LogP contribution is 2.18. The van der Waals surface area contributed by atoms with Crippen molar-refractivity contribution in [3.63, 3.8) is 0 Å². The molecule has 4 N–H and O–H groups in total. The number of hydrogen-bond donors (Lipinski definition) is 3. The molecule has 1 aromatic heterocycles. The zero-order chi connectivity index (χ0) is 14.5. The van der Waals surface area contributed by atoms with Gasteiger partial charge in [0.15, 0.2) is 0 Å². The topological polar surface area (TPSA) is 85.0 Å². The normalized spacial score (nSPS) is 10.3. The number of nitrogens with zero attached hydrogens (tertiary/aromatic N) is 2. The summed E-state index contributed by atoms with van der Waals surface area (Å²) in [5.74, 6) is 4.28. The summed E-state index contributed by atoms with van der Waals surface area (Å²) in [5.41, 5.74) is 3.25. The predicted octanol–water partition coefficient (Wildman–Crippen LogP) is 0.817. The van der Waals surface area contributed by atoms with Crippen LogP contribution in [0.15, 0.2) is 30.5 Å². The number of carbonyl (C=O) groups excluding carboxylic acids is 1. The molecule has 0 bridgehead atoms. The van der Waals surface area contributed by atoms with Crippen LogP contribution in [0.5, 0.6) is 0 Å². The first kappa shape index (κ1) is 14.0. The number of aryl methyl sites for hydroxylation is 1. The molecule has 1 amide bonds. The van der Waals surface area contributed by atoms with Crippen molar-refractivity contribution in [3.8, 4) is 0 Å². The number of para-hydroxylation sites is 1. The highest BCUT2D eigenvalue weighted by Gasteiger charge is 2.13. The van der Waals surface area contributed by atoms with Crippen LogP contribution in [0.2, 0.25) is 0 Å². The average Bonchev–Trinajstić information content (AvgIpc) is 2.84. The Morgan fingerprint density at radius 1 is 1.45 bits per heavy atom. The highest BCUT2D eigenvalue weighted by atomic mass is 19.1. The summed E-state index contributed by atoms with van der Waals surface area (Å²) in [5, 5.41) is 6.91. The van der Waals surface area contributed by atoms with Gasteiger partial charge in [0.2, 0.25) is 0 Å². The number of aromatic nitrogens is 2. The van der Waals surface area contributed by atoms with Crippen molar-refractivity contribution in [2.24, 2.45) is 12.9 Å². The van der Waals surface area contributed by atoms with Gasteiger partial charge in [0.05, 0.1) is 16.9 Å². The van der Waals surface area contributed by atoms with Crippen molar-refractivity contribution in [2.45, 2.75) is 6.42 Å². The summed E-state index contributed by atoms with van der Waals surface area (Å²) < 4.78 is 15.2. The van der Waals surface area contributed by atoms with E-state index in [1.54, 1.807) is 4.68 Å². The van der Waals surface area contributed by atoms with Crippen molar-refractivity contribution in [3.05, 3.63) is 47.5 Å². The van der Waals surface area contributed by atoms with E-state index in [1.165, 1.54) is 18.2 Å². The second kappa shape index (κ2) is 6.16. The Labute approximate surface area is 115 Å². The molecule has 0 atom stereocenters. The van der Waals surface area contributed by atoms with Crippen molar-refractivity contribution < 1.29 is 9.18 Å². The molecular weight excluding hydrogens is 261 g/mol. The van der Waals surface area contributed by atoms with Gasteiger partial charge in [-0.25, -0.2) is 4.39 Å². The number of nitrogens with two attached hydrogens (primary N) is 1. The van der Waals surface area contributed by atoms with Crippen molar-refractivity contribution in [1.29, 1.82) is 0 Å². The van der Waals surface area contributed by atoms with Crippen molar-refractivity contribution in [2.75, 3.05) is 12.0 Å². The second-order valence-electron chi connectivity index (χ2n) is 4.29. The lowest BCUT2D eigenvalue weighted by Gasteiger charge is -2.09. The number of hydrogen-bond acceptors (Lipinski definition) is 4. The fraction of sp³-hybridized carbons (Fsp3) is 0.231. The largest absolute Gasteiger partial charge is 0.352 e. The van der Waals surface area contributed by atoms with E-state index in [4.69, 9.17) is 5.84 Å². The highest BCUT2D eigenvalue weighted by molar-refractivity contribution is 5.99. The van der Waals surface area contributed by atoms with Crippen LogP contribution in [0.3, 0.4) is 0 Å². The van der Waals surface area contributed by atoms with E-state index in [-0.39, 0.29) is 17.2 Å². The first-order valence-corrected chi connectivity index (χ1v) is 6.13. The third-order valence-electron chi connectivity index (χ3n) is 2.84. The lowest BCUT2D eigenvalue weighted by atomic mass is 10.1. The van der Waals surface area contributed by atoms with Crippen LogP contribution in [-0.4, -0.2) is 22.2 Å². The third kappa shape index (κ3) is 3.12. The molecule has 0 aliphatic carbocycles. The Morgan fingerprint density at radius 3 is 2.90 bits per heavy atom. The number of amides is 1. The fourth-order valence-electron chi connectivity index (χ4n) is 1.86. The lowest BCUT2D eigenvalue weighted by molar-refractivity contribution is 0.0954. The molecule has 20 heavy (non-hydrogen) atoms. The molecule has 0 saturated carbocycles. The van der Waals surface area contributed by atoms with E-state index in [0.29, 0.717) is 13.0 Å².